The molecular weight excluding hydrogens is 292 g/mol. The second kappa shape index (κ2) is 7.67. The first-order valence-electron chi connectivity index (χ1n) is 7.73. The molecule has 0 spiro atoms. The van der Waals surface area contributed by atoms with Gasteiger partial charge in [0, 0.05) is 25.1 Å². The third-order valence-corrected chi connectivity index (χ3v) is 3.57. The molecule has 2 aromatic heterocycles. The monoisotopic (exact) mass is 314 g/mol. The van der Waals surface area contributed by atoms with Crippen LogP contribution in [0, 0.1) is 12.8 Å². The summed E-state index contributed by atoms with van der Waals surface area (Å²) in [6.45, 7) is 6.78. The summed E-state index contributed by atoms with van der Waals surface area (Å²) in [5.74, 6) is 0.615. The van der Waals surface area contributed by atoms with Crippen molar-refractivity contribution in [3.63, 3.8) is 0 Å². The molecule has 0 radical (unpaired) electrons. The maximum absolute atomic E-state index is 12.5. The molecule has 0 atom stereocenters. The zero-order valence-corrected chi connectivity index (χ0v) is 13.7. The molecule has 2 heterocycles. The molecule has 1 amide bonds. The van der Waals surface area contributed by atoms with Crippen molar-refractivity contribution < 1.29 is 4.79 Å². The van der Waals surface area contributed by atoms with Gasteiger partial charge in [0.1, 0.15) is 11.4 Å². The van der Waals surface area contributed by atoms with Crippen LogP contribution >= 0.6 is 0 Å². The summed E-state index contributed by atoms with van der Waals surface area (Å²) in [7, 11) is 0. The van der Waals surface area contributed by atoms with Gasteiger partial charge in [0.15, 0.2) is 0 Å². The Balaban J connectivity index is 2.15. The molecule has 0 bridgehead atoms. The van der Waals surface area contributed by atoms with E-state index in [0.717, 1.165) is 6.42 Å². The van der Waals surface area contributed by atoms with Gasteiger partial charge in [-0.25, -0.2) is 9.97 Å². The van der Waals surface area contributed by atoms with Crippen LogP contribution in [-0.4, -0.2) is 20.4 Å². The van der Waals surface area contributed by atoms with Crippen LogP contribution in [0.3, 0.4) is 0 Å². The van der Waals surface area contributed by atoms with Gasteiger partial charge in [0.05, 0.1) is 6.54 Å². The minimum Gasteiger partial charge on any atom is -0.345 e. The number of rotatable bonds is 6. The highest BCUT2D eigenvalue weighted by molar-refractivity contribution is 5.95. The number of carbonyl (C=O) groups excluding carboxylic acids is 1. The van der Waals surface area contributed by atoms with Crippen LogP contribution in [0.2, 0.25) is 0 Å². The minimum atomic E-state index is -0.390. The SMILES string of the molecule is Cc1ccn(CCC(C)C)c(=O)c1C(=O)NCc1ncccn1. The smallest absolute Gasteiger partial charge is 0.263 e. The van der Waals surface area contributed by atoms with E-state index in [9.17, 15) is 9.59 Å². The van der Waals surface area contributed by atoms with Crippen molar-refractivity contribution in [1.82, 2.24) is 19.9 Å². The normalized spacial score (nSPS) is 10.8. The minimum absolute atomic E-state index is 0.187. The van der Waals surface area contributed by atoms with Crippen LogP contribution in [0.4, 0.5) is 0 Å². The van der Waals surface area contributed by atoms with E-state index < -0.39 is 0 Å². The average molecular weight is 314 g/mol. The second-order valence-corrected chi connectivity index (χ2v) is 5.90. The van der Waals surface area contributed by atoms with Crippen LogP contribution < -0.4 is 10.9 Å². The largest absolute Gasteiger partial charge is 0.345 e. The molecule has 0 aliphatic heterocycles. The first kappa shape index (κ1) is 16.9. The van der Waals surface area contributed by atoms with Crippen molar-refractivity contribution in [3.05, 3.63) is 58.0 Å². The summed E-state index contributed by atoms with van der Waals surface area (Å²) in [5.41, 5.74) is 0.603. The highest BCUT2D eigenvalue weighted by Crippen LogP contribution is 2.05. The number of hydrogen-bond donors (Lipinski definition) is 1. The van der Waals surface area contributed by atoms with E-state index in [1.807, 2.05) is 0 Å². The third-order valence-electron chi connectivity index (χ3n) is 3.57. The van der Waals surface area contributed by atoms with E-state index in [0.29, 0.717) is 23.9 Å². The average Bonchev–Trinajstić information content (AvgIpc) is 2.53. The van der Waals surface area contributed by atoms with Gasteiger partial charge in [-0.3, -0.25) is 9.59 Å². The number of nitrogens with one attached hydrogen (secondary N) is 1. The Labute approximate surface area is 135 Å². The van der Waals surface area contributed by atoms with Gasteiger partial charge in [-0.15, -0.1) is 0 Å². The Morgan fingerprint density at radius 1 is 1.30 bits per heavy atom. The molecule has 1 N–H and O–H groups in total. The third kappa shape index (κ3) is 4.48. The summed E-state index contributed by atoms with van der Waals surface area (Å²) in [6, 6.07) is 3.51. The zero-order chi connectivity index (χ0) is 16.8. The van der Waals surface area contributed by atoms with Gasteiger partial charge in [-0.1, -0.05) is 13.8 Å². The number of aryl methyl sites for hydroxylation is 2. The number of hydrogen-bond acceptors (Lipinski definition) is 4. The zero-order valence-electron chi connectivity index (χ0n) is 13.7. The van der Waals surface area contributed by atoms with Crippen molar-refractivity contribution in [2.75, 3.05) is 0 Å². The molecule has 0 aliphatic carbocycles. The molecule has 122 valence electrons. The van der Waals surface area contributed by atoms with Crippen molar-refractivity contribution >= 4 is 5.91 Å². The Hall–Kier alpha value is -2.50. The Bertz CT molecular complexity index is 723. The van der Waals surface area contributed by atoms with Gasteiger partial charge in [0.2, 0.25) is 0 Å². The molecule has 2 aromatic rings. The summed E-state index contributed by atoms with van der Waals surface area (Å²) in [6.07, 6.45) is 5.86. The summed E-state index contributed by atoms with van der Waals surface area (Å²) >= 11 is 0. The van der Waals surface area contributed by atoms with E-state index in [2.05, 4.69) is 29.1 Å². The summed E-state index contributed by atoms with van der Waals surface area (Å²) in [4.78, 5) is 33.0. The van der Waals surface area contributed by atoms with E-state index in [1.54, 1.807) is 42.2 Å². The fraction of sp³-hybridized carbons (Fsp3) is 0.412. The van der Waals surface area contributed by atoms with E-state index in [-0.39, 0.29) is 23.6 Å². The van der Waals surface area contributed by atoms with Crippen molar-refractivity contribution in [1.29, 1.82) is 0 Å². The first-order valence-corrected chi connectivity index (χ1v) is 7.73. The summed E-state index contributed by atoms with van der Waals surface area (Å²) < 4.78 is 1.60. The molecular formula is C17H22N4O2. The van der Waals surface area contributed by atoms with Gasteiger partial charge < -0.3 is 9.88 Å². The Morgan fingerprint density at radius 2 is 2.00 bits per heavy atom. The standard InChI is InChI=1S/C17H22N4O2/c1-12(2)5-9-21-10-6-13(3)15(17(21)23)16(22)20-11-14-18-7-4-8-19-14/h4,6-8,10,12H,5,9,11H2,1-3H3,(H,20,22). The predicted octanol–water partition coefficient (Wildman–Crippen LogP) is 1.92. The molecule has 0 saturated carbocycles. The fourth-order valence-electron chi connectivity index (χ4n) is 2.18. The lowest BCUT2D eigenvalue weighted by Crippen LogP contribution is -2.34. The molecule has 6 heteroatoms. The van der Waals surface area contributed by atoms with E-state index in [4.69, 9.17) is 0 Å². The highest BCUT2D eigenvalue weighted by atomic mass is 16.2. The topological polar surface area (TPSA) is 76.9 Å². The highest BCUT2D eigenvalue weighted by Gasteiger charge is 2.16. The Kier molecular flexibility index (Phi) is 5.62. The van der Waals surface area contributed by atoms with Crippen LogP contribution in [0.25, 0.3) is 0 Å². The Morgan fingerprint density at radius 3 is 2.65 bits per heavy atom. The van der Waals surface area contributed by atoms with Gasteiger partial charge in [0.25, 0.3) is 11.5 Å². The number of aromatic nitrogens is 3. The van der Waals surface area contributed by atoms with Crippen LogP contribution in [0.15, 0.2) is 35.5 Å². The van der Waals surface area contributed by atoms with Gasteiger partial charge in [-0.05, 0) is 37.0 Å². The molecule has 0 aromatic carbocycles. The molecule has 2 rings (SSSR count). The maximum atomic E-state index is 12.5. The van der Waals surface area contributed by atoms with Crippen LogP contribution in [0.5, 0.6) is 0 Å². The number of amides is 1. The molecule has 0 fully saturated rings. The number of pyridine rings is 1. The lowest BCUT2D eigenvalue weighted by Gasteiger charge is -2.12. The quantitative estimate of drug-likeness (QED) is 0.884. The number of nitrogens with zero attached hydrogens (tertiary/aromatic N) is 3. The lowest BCUT2D eigenvalue weighted by atomic mass is 10.1. The molecule has 0 saturated heterocycles. The molecule has 6 nitrogen and oxygen atoms in total. The predicted molar refractivity (Wildman–Crippen MR) is 88.1 cm³/mol. The van der Waals surface area contributed by atoms with Crippen molar-refractivity contribution in [2.45, 2.75) is 40.3 Å². The summed E-state index contributed by atoms with van der Waals surface area (Å²) in [5, 5.41) is 2.71. The second-order valence-electron chi connectivity index (χ2n) is 5.90. The number of carbonyl (C=O) groups is 1. The van der Waals surface area contributed by atoms with Gasteiger partial charge >= 0.3 is 0 Å². The fourth-order valence-corrected chi connectivity index (χ4v) is 2.18. The molecule has 0 unspecified atom stereocenters. The maximum Gasteiger partial charge on any atom is 0.263 e. The van der Waals surface area contributed by atoms with Crippen LogP contribution in [-0.2, 0) is 13.1 Å². The van der Waals surface area contributed by atoms with E-state index >= 15 is 0 Å². The van der Waals surface area contributed by atoms with E-state index in [1.165, 1.54) is 0 Å². The first-order chi connectivity index (χ1) is 11.0. The molecule has 0 aliphatic rings. The lowest BCUT2D eigenvalue weighted by molar-refractivity contribution is 0.0947. The van der Waals surface area contributed by atoms with Gasteiger partial charge in [-0.2, -0.15) is 0 Å². The van der Waals surface area contributed by atoms with Crippen molar-refractivity contribution in [2.24, 2.45) is 5.92 Å². The van der Waals surface area contributed by atoms with Crippen LogP contribution in [0.1, 0.15) is 42.0 Å². The molecule has 23 heavy (non-hydrogen) atoms. The van der Waals surface area contributed by atoms with Crippen molar-refractivity contribution in [3.8, 4) is 0 Å².